The summed E-state index contributed by atoms with van der Waals surface area (Å²) in [5, 5.41) is 0. The van der Waals surface area contributed by atoms with E-state index in [9.17, 15) is 4.79 Å². The highest BCUT2D eigenvalue weighted by Crippen LogP contribution is 2.24. The molecule has 0 aliphatic heterocycles. The third-order valence-corrected chi connectivity index (χ3v) is 3.26. The molecule has 4 heteroatoms. The molecule has 0 radical (unpaired) electrons. The minimum atomic E-state index is -0.329. The minimum absolute atomic E-state index is 0.135. The first-order valence-electron chi connectivity index (χ1n) is 6.15. The molecule has 0 fully saturated rings. The minimum Gasteiger partial charge on any atom is -0.481 e. The highest BCUT2D eigenvalue weighted by Gasteiger charge is 2.28. The van der Waals surface area contributed by atoms with E-state index in [0.29, 0.717) is 12.4 Å². The molecule has 0 atom stereocenters. The number of hydrogen-bond donors (Lipinski definition) is 0. The van der Waals surface area contributed by atoms with Gasteiger partial charge in [0.05, 0.1) is 13.7 Å². The van der Waals surface area contributed by atoms with Crippen molar-refractivity contribution in [2.24, 2.45) is 5.41 Å². The van der Waals surface area contributed by atoms with Crippen LogP contribution in [-0.2, 0) is 11.3 Å². The van der Waals surface area contributed by atoms with Crippen molar-refractivity contribution in [2.45, 2.75) is 33.7 Å². The molecule has 0 saturated heterocycles. The number of carbonyl (C=O) groups is 1. The number of ether oxygens (including phenoxy) is 1. The Bertz CT molecular complexity index is 416. The first-order chi connectivity index (χ1) is 8.42. The molecule has 0 aromatic carbocycles. The van der Waals surface area contributed by atoms with Crippen molar-refractivity contribution in [2.75, 3.05) is 14.2 Å². The monoisotopic (exact) mass is 250 g/mol. The highest BCUT2D eigenvalue weighted by atomic mass is 16.5. The van der Waals surface area contributed by atoms with Gasteiger partial charge in [-0.2, -0.15) is 0 Å². The molecule has 100 valence electrons. The average molecular weight is 250 g/mol. The summed E-state index contributed by atoms with van der Waals surface area (Å²) in [4.78, 5) is 18.1. The van der Waals surface area contributed by atoms with Gasteiger partial charge in [-0.3, -0.25) is 4.79 Å². The molecular weight excluding hydrogens is 228 g/mol. The van der Waals surface area contributed by atoms with Crippen LogP contribution in [0.2, 0.25) is 0 Å². The Morgan fingerprint density at radius 2 is 2.17 bits per heavy atom. The van der Waals surface area contributed by atoms with Crippen molar-refractivity contribution in [1.29, 1.82) is 0 Å². The van der Waals surface area contributed by atoms with E-state index >= 15 is 0 Å². The van der Waals surface area contributed by atoms with Crippen LogP contribution in [0.4, 0.5) is 0 Å². The van der Waals surface area contributed by atoms with Gasteiger partial charge in [-0.25, -0.2) is 4.98 Å². The van der Waals surface area contributed by atoms with E-state index in [1.807, 2.05) is 40.0 Å². The Balaban J connectivity index is 2.82. The van der Waals surface area contributed by atoms with Gasteiger partial charge in [0, 0.05) is 24.2 Å². The fourth-order valence-electron chi connectivity index (χ4n) is 1.72. The summed E-state index contributed by atoms with van der Waals surface area (Å²) in [6, 6.07) is 3.77. The second kappa shape index (κ2) is 5.85. The molecule has 0 saturated carbocycles. The highest BCUT2D eigenvalue weighted by molar-refractivity contribution is 5.81. The molecule has 1 amide bonds. The van der Waals surface area contributed by atoms with Crippen LogP contribution >= 0.6 is 0 Å². The number of methoxy groups -OCH3 is 1. The maximum atomic E-state index is 12.3. The van der Waals surface area contributed by atoms with E-state index in [4.69, 9.17) is 4.74 Å². The molecule has 1 aromatic rings. The fraction of sp³-hybridized carbons (Fsp3) is 0.571. The van der Waals surface area contributed by atoms with Gasteiger partial charge in [-0.15, -0.1) is 0 Å². The molecule has 0 bridgehead atoms. The Labute approximate surface area is 109 Å². The summed E-state index contributed by atoms with van der Waals surface area (Å²) in [5.41, 5.74) is 0.590. The lowest BCUT2D eigenvalue weighted by molar-refractivity contribution is -0.139. The maximum absolute atomic E-state index is 12.3. The van der Waals surface area contributed by atoms with Crippen LogP contribution in [0.1, 0.15) is 32.8 Å². The second-order valence-electron chi connectivity index (χ2n) is 5.07. The summed E-state index contributed by atoms with van der Waals surface area (Å²) in [6.45, 7) is 6.47. The molecule has 18 heavy (non-hydrogen) atoms. The molecule has 0 N–H and O–H groups in total. The largest absolute Gasteiger partial charge is 0.481 e. The van der Waals surface area contributed by atoms with E-state index in [1.54, 1.807) is 18.2 Å². The van der Waals surface area contributed by atoms with Crippen LogP contribution in [0.15, 0.2) is 18.3 Å². The van der Waals surface area contributed by atoms with Gasteiger partial charge in [-0.05, 0) is 12.5 Å². The van der Waals surface area contributed by atoms with Crippen molar-refractivity contribution < 1.29 is 9.53 Å². The molecule has 0 spiro atoms. The average Bonchev–Trinajstić information content (AvgIpc) is 2.38. The standard InChI is InChI=1S/C14H22N2O2/c1-6-14(2,3)13(17)16(4)10-11-8-7-9-15-12(11)18-5/h7-9H,6,10H2,1-5H3. The molecule has 0 unspecified atom stereocenters. The van der Waals surface area contributed by atoms with Gasteiger partial charge in [0.25, 0.3) is 0 Å². The third-order valence-electron chi connectivity index (χ3n) is 3.26. The van der Waals surface area contributed by atoms with Gasteiger partial charge in [0.1, 0.15) is 0 Å². The van der Waals surface area contributed by atoms with E-state index < -0.39 is 0 Å². The lowest BCUT2D eigenvalue weighted by Crippen LogP contribution is -2.37. The molecule has 1 heterocycles. The first-order valence-corrected chi connectivity index (χ1v) is 6.15. The van der Waals surface area contributed by atoms with Gasteiger partial charge in [0.2, 0.25) is 11.8 Å². The normalized spacial score (nSPS) is 11.2. The second-order valence-corrected chi connectivity index (χ2v) is 5.07. The summed E-state index contributed by atoms with van der Waals surface area (Å²) in [7, 11) is 3.40. The van der Waals surface area contributed by atoms with Crippen molar-refractivity contribution in [3.05, 3.63) is 23.9 Å². The van der Waals surface area contributed by atoms with Crippen LogP contribution in [0, 0.1) is 5.41 Å². The summed E-state index contributed by atoms with van der Waals surface area (Å²) in [6.07, 6.45) is 2.50. The first kappa shape index (κ1) is 14.5. The molecular formula is C14H22N2O2. The molecule has 1 aromatic heterocycles. The van der Waals surface area contributed by atoms with Gasteiger partial charge in [0.15, 0.2) is 0 Å². The molecule has 0 aliphatic rings. The predicted octanol–water partition coefficient (Wildman–Crippen LogP) is 2.48. The van der Waals surface area contributed by atoms with Crippen LogP contribution in [0.25, 0.3) is 0 Å². The van der Waals surface area contributed by atoms with E-state index in [0.717, 1.165) is 12.0 Å². The quantitative estimate of drug-likeness (QED) is 0.806. The maximum Gasteiger partial charge on any atom is 0.228 e. The van der Waals surface area contributed by atoms with Crippen LogP contribution < -0.4 is 4.74 Å². The number of carbonyl (C=O) groups excluding carboxylic acids is 1. The van der Waals surface area contributed by atoms with Crippen LogP contribution in [0.3, 0.4) is 0 Å². The van der Waals surface area contributed by atoms with Gasteiger partial charge >= 0.3 is 0 Å². The molecule has 0 aliphatic carbocycles. The number of rotatable bonds is 5. The lowest BCUT2D eigenvalue weighted by Gasteiger charge is -2.28. The zero-order valence-corrected chi connectivity index (χ0v) is 11.9. The van der Waals surface area contributed by atoms with Crippen molar-refractivity contribution in [3.8, 4) is 5.88 Å². The van der Waals surface area contributed by atoms with Gasteiger partial charge in [-0.1, -0.05) is 26.8 Å². The van der Waals surface area contributed by atoms with E-state index in [-0.39, 0.29) is 11.3 Å². The summed E-state index contributed by atoms with van der Waals surface area (Å²) >= 11 is 0. The third kappa shape index (κ3) is 3.22. The van der Waals surface area contributed by atoms with Crippen LogP contribution in [0.5, 0.6) is 5.88 Å². The number of nitrogens with zero attached hydrogens (tertiary/aromatic N) is 2. The Kier molecular flexibility index (Phi) is 4.70. The number of pyridine rings is 1. The fourth-order valence-corrected chi connectivity index (χ4v) is 1.72. The zero-order valence-electron chi connectivity index (χ0n) is 11.9. The number of hydrogen-bond acceptors (Lipinski definition) is 3. The Morgan fingerprint density at radius 1 is 1.50 bits per heavy atom. The Hall–Kier alpha value is -1.58. The van der Waals surface area contributed by atoms with E-state index in [1.165, 1.54) is 0 Å². The van der Waals surface area contributed by atoms with Crippen molar-refractivity contribution >= 4 is 5.91 Å². The van der Waals surface area contributed by atoms with Gasteiger partial charge < -0.3 is 9.64 Å². The SMILES string of the molecule is CCC(C)(C)C(=O)N(C)Cc1cccnc1OC. The Morgan fingerprint density at radius 3 is 2.72 bits per heavy atom. The predicted molar refractivity (Wildman–Crippen MR) is 71.3 cm³/mol. The summed E-state index contributed by atoms with van der Waals surface area (Å²) < 4.78 is 5.19. The molecule has 1 rings (SSSR count). The smallest absolute Gasteiger partial charge is 0.228 e. The molecule has 4 nitrogen and oxygen atoms in total. The lowest BCUT2D eigenvalue weighted by atomic mass is 9.88. The summed E-state index contributed by atoms with van der Waals surface area (Å²) in [5.74, 6) is 0.711. The number of amides is 1. The van der Waals surface area contributed by atoms with E-state index in [2.05, 4.69) is 4.98 Å². The van der Waals surface area contributed by atoms with Crippen LogP contribution in [-0.4, -0.2) is 29.9 Å². The van der Waals surface area contributed by atoms with Crippen molar-refractivity contribution in [1.82, 2.24) is 9.88 Å². The topological polar surface area (TPSA) is 42.4 Å². The zero-order chi connectivity index (χ0) is 13.8. The number of aromatic nitrogens is 1. The van der Waals surface area contributed by atoms with Crippen molar-refractivity contribution in [3.63, 3.8) is 0 Å².